The molecule has 7 heteroatoms. The standard InChI is InChI=1S/C23H18N4O3/c28-23(20-11-5-7-13-22(20)27(29)30)25-24-14-18-16-26(15-17-8-2-1-3-9-17)21-12-6-4-10-19(18)21/h1-14,16H,15H2,(H,25,28)/b24-14-. The molecule has 4 rings (SSSR count). The van der Waals surface area contributed by atoms with Crippen LogP contribution in [0.5, 0.6) is 0 Å². The van der Waals surface area contributed by atoms with Crippen LogP contribution < -0.4 is 5.43 Å². The predicted molar refractivity (Wildman–Crippen MR) is 116 cm³/mol. The van der Waals surface area contributed by atoms with Gasteiger partial charge in [-0.05, 0) is 17.7 Å². The van der Waals surface area contributed by atoms with Crippen LogP contribution in [0.3, 0.4) is 0 Å². The Hall–Kier alpha value is -4.26. The van der Waals surface area contributed by atoms with Crippen molar-refractivity contribution in [1.29, 1.82) is 0 Å². The highest BCUT2D eigenvalue weighted by Crippen LogP contribution is 2.21. The second-order valence-electron chi connectivity index (χ2n) is 6.69. The van der Waals surface area contributed by atoms with E-state index in [1.54, 1.807) is 12.3 Å². The first-order valence-electron chi connectivity index (χ1n) is 9.32. The van der Waals surface area contributed by atoms with Crippen molar-refractivity contribution in [2.75, 3.05) is 0 Å². The molecule has 4 aromatic rings. The molecule has 3 aromatic carbocycles. The number of carbonyl (C=O) groups excluding carboxylic acids is 1. The third-order valence-corrected chi connectivity index (χ3v) is 4.73. The molecular weight excluding hydrogens is 380 g/mol. The van der Waals surface area contributed by atoms with Crippen LogP contribution >= 0.6 is 0 Å². The van der Waals surface area contributed by atoms with Gasteiger partial charge in [-0.1, -0.05) is 60.7 Å². The summed E-state index contributed by atoms with van der Waals surface area (Å²) in [7, 11) is 0. The number of nitrogens with one attached hydrogen (secondary N) is 1. The molecular formula is C23H18N4O3. The van der Waals surface area contributed by atoms with Crippen LogP contribution in [0.2, 0.25) is 0 Å². The molecule has 30 heavy (non-hydrogen) atoms. The number of nitrogens with zero attached hydrogens (tertiary/aromatic N) is 3. The Morgan fingerprint density at radius 3 is 2.50 bits per heavy atom. The smallest absolute Gasteiger partial charge is 0.282 e. The summed E-state index contributed by atoms with van der Waals surface area (Å²) in [6, 6.07) is 23.8. The highest BCUT2D eigenvalue weighted by atomic mass is 16.6. The minimum Gasteiger partial charge on any atom is -0.342 e. The lowest BCUT2D eigenvalue weighted by atomic mass is 10.2. The van der Waals surface area contributed by atoms with Gasteiger partial charge in [0.1, 0.15) is 5.56 Å². The minimum atomic E-state index is -0.633. The number of nitro benzene ring substituents is 1. The van der Waals surface area contributed by atoms with E-state index in [1.165, 1.54) is 23.8 Å². The molecule has 0 aliphatic rings. The normalized spacial score (nSPS) is 11.1. The first kappa shape index (κ1) is 19.1. The molecule has 0 radical (unpaired) electrons. The maximum atomic E-state index is 12.3. The number of hydrogen-bond acceptors (Lipinski definition) is 4. The van der Waals surface area contributed by atoms with E-state index in [-0.39, 0.29) is 11.3 Å². The molecule has 0 spiro atoms. The van der Waals surface area contributed by atoms with E-state index in [0.29, 0.717) is 6.54 Å². The molecule has 1 N–H and O–H groups in total. The van der Waals surface area contributed by atoms with Gasteiger partial charge < -0.3 is 4.57 Å². The van der Waals surface area contributed by atoms with Crippen molar-refractivity contribution >= 4 is 28.7 Å². The van der Waals surface area contributed by atoms with Gasteiger partial charge >= 0.3 is 0 Å². The quantitative estimate of drug-likeness (QED) is 0.297. The van der Waals surface area contributed by atoms with E-state index in [2.05, 4.69) is 27.2 Å². The number of amides is 1. The lowest BCUT2D eigenvalue weighted by molar-refractivity contribution is -0.385. The molecule has 0 bridgehead atoms. The van der Waals surface area contributed by atoms with E-state index in [0.717, 1.165) is 16.5 Å². The minimum absolute atomic E-state index is 0.0360. The van der Waals surface area contributed by atoms with Crippen molar-refractivity contribution in [2.24, 2.45) is 5.10 Å². The summed E-state index contributed by atoms with van der Waals surface area (Å²) in [5.41, 5.74) is 5.15. The topological polar surface area (TPSA) is 89.5 Å². The van der Waals surface area contributed by atoms with Gasteiger partial charge in [-0.25, -0.2) is 5.43 Å². The maximum Gasteiger partial charge on any atom is 0.282 e. The fraction of sp³-hybridized carbons (Fsp3) is 0.0435. The summed E-state index contributed by atoms with van der Waals surface area (Å²) in [6.07, 6.45) is 3.52. The zero-order valence-corrected chi connectivity index (χ0v) is 15.9. The number of carbonyl (C=O) groups is 1. The number of aromatic nitrogens is 1. The third kappa shape index (κ3) is 3.95. The van der Waals surface area contributed by atoms with E-state index in [1.807, 2.05) is 48.7 Å². The molecule has 0 atom stereocenters. The lowest BCUT2D eigenvalue weighted by Gasteiger charge is -2.05. The molecule has 1 aromatic heterocycles. The Labute approximate surface area is 172 Å². The van der Waals surface area contributed by atoms with Crippen molar-refractivity contribution in [2.45, 2.75) is 6.54 Å². The molecule has 0 aliphatic heterocycles. The second-order valence-corrected chi connectivity index (χ2v) is 6.69. The summed E-state index contributed by atoms with van der Waals surface area (Å²) in [5.74, 6) is -0.633. The van der Waals surface area contributed by atoms with Gasteiger partial charge in [0.05, 0.1) is 11.1 Å². The molecule has 0 saturated heterocycles. The molecule has 0 aliphatic carbocycles. The van der Waals surface area contributed by atoms with Crippen molar-refractivity contribution < 1.29 is 9.72 Å². The highest BCUT2D eigenvalue weighted by Gasteiger charge is 2.18. The van der Waals surface area contributed by atoms with E-state index in [9.17, 15) is 14.9 Å². The molecule has 1 heterocycles. The first-order valence-corrected chi connectivity index (χ1v) is 9.32. The lowest BCUT2D eigenvalue weighted by Crippen LogP contribution is -2.18. The molecule has 0 unspecified atom stereocenters. The molecule has 7 nitrogen and oxygen atoms in total. The Kier molecular flexibility index (Phi) is 5.34. The van der Waals surface area contributed by atoms with Crippen molar-refractivity contribution in [3.05, 3.63) is 112 Å². The van der Waals surface area contributed by atoms with E-state index in [4.69, 9.17) is 0 Å². The number of para-hydroxylation sites is 2. The van der Waals surface area contributed by atoms with Gasteiger partial charge in [0.15, 0.2) is 0 Å². The summed E-state index contributed by atoms with van der Waals surface area (Å²) in [4.78, 5) is 22.9. The summed E-state index contributed by atoms with van der Waals surface area (Å²) < 4.78 is 2.12. The Bertz CT molecular complexity index is 1250. The highest BCUT2D eigenvalue weighted by molar-refractivity contribution is 6.01. The van der Waals surface area contributed by atoms with Gasteiger partial charge in [0.25, 0.3) is 11.6 Å². The molecule has 0 fully saturated rings. The fourth-order valence-corrected chi connectivity index (χ4v) is 3.33. The SMILES string of the molecule is O=C(N/N=C\c1cn(Cc2ccccc2)c2ccccc12)c1ccccc1[N+](=O)[O-]. The van der Waals surface area contributed by atoms with Gasteiger partial charge in [0.2, 0.25) is 0 Å². The van der Waals surface area contributed by atoms with Crippen LogP contribution in [0, 0.1) is 10.1 Å². The van der Waals surface area contributed by atoms with Crippen molar-refractivity contribution in [3.8, 4) is 0 Å². The number of hydrogen-bond donors (Lipinski definition) is 1. The monoisotopic (exact) mass is 398 g/mol. The Balaban J connectivity index is 1.58. The molecule has 1 amide bonds. The van der Waals surface area contributed by atoms with Crippen LogP contribution in [0.15, 0.2) is 90.2 Å². The zero-order valence-electron chi connectivity index (χ0n) is 15.9. The van der Waals surface area contributed by atoms with Gasteiger partial charge in [-0.2, -0.15) is 5.10 Å². The van der Waals surface area contributed by atoms with Crippen molar-refractivity contribution in [1.82, 2.24) is 9.99 Å². The summed E-state index contributed by atoms with van der Waals surface area (Å²) >= 11 is 0. The van der Waals surface area contributed by atoms with E-state index >= 15 is 0 Å². The maximum absolute atomic E-state index is 12.3. The van der Waals surface area contributed by atoms with Crippen LogP contribution in [0.4, 0.5) is 5.69 Å². The Morgan fingerprint density at radius 1 is 1.00 bits per heavy atom. The van der Waals surface area contributed by atoms with Gasteiger partial charge in [0, 0.05) is 35.3 Å². The number of benzene rings is 3. The molecule has 148 valence electrons. The van der Waals surface area contributed by atoms with Crippen LogP contribution in [-0.2, 0) is 6.54 Å². The number of rotatable bonds is 6. The van der Waals surface area contributed by atoms with Crippen molar-refractivity contribution in [3.63, 3.8) is 0 Å². The average molecular weight is 398 g/mol. The van der Waals surface area contributed by atoms with Crippen LogP contribution in [-0.4, -0.2) is 21.6 Å². The molecule has 0 saturated carbocycles. The average Bonchev–Trinajstić information content (AvgIpc) is 3.12. The second kappa shape index (κ2) is 8.40. The van der Waals surface area contributed by atoms with Crippen LogP contribution in [0.1, 0.15) is 21.5 Å². The largest absolute Gasteiger partial charge is 0.342 e. The Morgan fingerprint density at radius 2 is 1.70 bits per heavy atom. The van der Waals surface area contributed by atoms with Gasteiger partial charge in [-0.15, -0.1) is 0 Å². The third-order valence-electron chi connectivity index (χ3n) is 4.73. The van der Waals surface area contributed by atoms with Crippen LogP contribution in [0.25, 0.3) is 10.9 Å². The number of nitro groups is 1. The summed E-state index contributed by atoms with van der Waals surface area (Å²) in [5, 5.41) is 16.1. The summed E-state index contributed by atoms with van der Waals surface area (Å²) in [6.45, 7) is 0.706. The van der Waals surface area contributed by atoms with E-state index < -0.39 is 10.8 Å². The number of hydrazone groups is 1. The zero-order chi connectivity index (χ0) is 20.9. The predicted octanol–water partition coefficient (Wildman–Crippen LogP) is 4.36. The first-order chi connectivity index (χ1) is 14.6. The fourth-order valence-electron chi connectivity index (χ4n) is 3.33. The number of fused-ring (bicyclic) bond motifs is 1. The van der Waals surface area contributed by atoms with Gasteiger partial charge in [-0.3, -0.25) is 14.9 Å².